The number of hydrogen-bond acceptors (Lipinski definition) is 5. The fraction of sp³-hybridized carbons (Fsp3) is 0.250. The fourth-order valence-electron chi connectivity index (χ4n) is 2.56. The number of nitrogens with zero attached hydrogens (tertiary/aromatic N) is 2. The molecule has 1 atom stereocenters. The zero-order valence-electron chi connectivity index (χ0n) is 12.5. The number of imide groups is 1. The van der Waals surface area contributed by atoms with Gasteiger partial charge < -0.3 is 9.42 Å². The number of benzene rings is 1. The van der Waals surface area contributed by atoms with Crippen LogP contribution in [0.5, 0.6) is 0 Å². The van der Waals surface area contributed by atoms with Crippen LogP contribution in [0.15, 0.2) is 40.9 Å². The Morgan fingerprint density at radius 3 is 2.70 bits per heavy atom. The number of hydrogen-bond donors (Lipinski definition) is 1. The normalized spacial score (nSPS) is 17.2. The van der Waals surface area contributed by atoms with Crippen LogP contribution in [0.1, 0.15) is 23.8 Å². The number of nitrogens with one attached hydrogen (secondary N) is 1. The van der Waals surface area contributed by atoms with Crippen LogP contribution in [-0.4, -0.2) is 40.4 Å². The number of rotatable bonds is 4. The number of carbonyl (C=O) groups excluding carboxylic acids is 3. The summed E-state index contributed by atoms with van der Waals surface area (Å²) in [6.07, 6.45) is -0.0260. The van der Waals surface area contributed by atoms with Gasteiger partial charge >= 0.3 is 0 Å². The summed E-state index contributed by atoms with van der Waals surface area (Å²) in [6.45, 7) is 2.03. The van der Waals surface area contributed by atoms with Gasteiger partial charge in [-0.05, 0) is 6.92 Å². The Bertz CT molecular complexity index is 754. The van der Waals surface area contributed by atoms with Gasteiger partial charge in [0.2, 0.25) is 11.8 Å². The van der Waals surface area contributed by atoms with Crippen LogP contribution < -0.4 is 5.32 Å². The largest absolute Gasteiger partial charge is 0.355 e. The molecule has 1 saturated heterocycles. The van der Waals surface area contributed by atoms with Crippen molar-refractivity contribution in [2.75, 3.05) is 6.54 Å². The van der Waals surface area contributed by atoms with Gasteiger partial charge in [-0.15, -0.1) is 0 Å². The summed E-state index contributed by atoms with van der Waals surface area (Å²) in [5, 5.41) is 6.00. The highest BCUT2D eigenvalue weighted by molar-refractivity contribution is 6.08. The van der Waals surface area contributed by atoms with Crippen molar-refractivity contribution in [1.82, 2.24) is 15.4 Å². The first kappa shape index (κ1) is 15.0. The van der Waals surface area contributed by atoms with Gasteiger partial charge in [0.1, 0.15) is 6.04 Å². The first-order valence-corrected chi connectivity index (χ1v) is 7.27. The van der Waals surface area contributed by atoms with Crippen molar-refractivity contribution in [2.24, 2.45) is 0 Å². The van der Waals surface area contributed by atoms with Crippen LogP contribution in [0.3, 0.4) is 0 Å². The second kappa shape index (κ2) is 6.04. The van der Waals surface area contributed by atoms with Crippen molar-refractivity contribution < 1.29 is 18.9 Å². The lowest BCUT2D eigenvalue weighted by atomic mass is 10.1. The summed E-state index contributed by atoms with van der Waals surface area (Å²) in [6, 6.07) is 10.0. The molecule has 3 amide bonds. The molecule has 0 spiro atoms. The highest BCUT2D eigenvalue weighted by Gasteiger charge is 2.38. The zero-order valence-corrected chi connectivity index (χ0v) is 12.5. The predicted octanol–water partition coefficient (Wildman–Crippen LogP) is 1.22. The molecule has 1 aromatic carbocycles. The second-order valence-electron chi connectivity index (χ2n) is 5.17. The monoisotopic (exact) mass is 313 g/mol. The zero-order chi connectivity index (χ0) is 16.4. The molecule has 7 heteroatoms. The van der Waals surface area contributed by atoms with Crippen molar-refractivity contribution in [3.05, 3.63) is 42.1 Å². The van der Waals surface area contributed by atoms with Gasteiger partial charge in [0.25, 0.3) is 5.91 Å². The Balaban J connectivity index is 1.83. The van der Waals surface area contributed by atoms with Crippen molar-refractivity contribution in [2.45, 2.75) is 19.4 Å². The summed E-state index contributed by atoms with van der Waals surface area (Å²) in [5.41, 5.74) is 0.911. The lowest BCUT2D eigenvalue weighted by Crippen LogP contribution is -2.44. The minimum Gasteiger partial charge on any atom is -0.355 e. The molecule has 1 aliphatic heterocycles. The quantitative estimate of drug-likeness (QED) is 0.857. The van der Waals surface area contributed by atoms with Crippen LogP contribution in [0, 0.1) is 0 Å². The van der Waals surface area contributed by atoms with E-state index >= 15 is 0 Å². The third-order valence-electron chi connectivity index (χ3n) is 3.71. The minimum atomic E-state index is -0.795. The van der Waals surface area contributed by atoms with Gasteiger partial charge in [-0.3, -0.25) is 19.7 Å². The van der Waals surface area contributed by atoms with E-state index in [9.17, 15) is 14.4 Å². The molecule has 2 aromatic rings. The Hall–Kier alpha value is -2.96. The van der Waals surface area contributed by atoms with E-state index in [2.05, 4.69) is 10.5 Å². The molecule has 0 aliphatic carbocycles. The molecular weight excluding hydrogens is 298 g/mol. The van der Waals surface area contributed by atoms with Gasteiger partial charge in [0, 0.05) is 18.2 Å². The van der Waals surface area contributed by atoms with Crippen LogP contribution in [0.25, 0.3) is 11.3 Å². The van der Waals surface area contributed by atoms with Crippen LogP contribution in [-0.2, 0) is 9.59 Å². The molecule has 3 rings (SSSR count). The van der Waals surface area contributed by atoms with Crippen LogP contribution in [0.2, 0.25) is 0 Å². The fourth-order valence-corrected chi connectivity index (χ4v) is 2.56. The maximum atomic E-state index is 12.6. The van der Waals surface area contributed by atoms with E-state index in [0.717, 1.165) is 5.56 Å². The highest BCUT2D eigenvalue weighted by Crippen LogP contribution is 2.21. The number of likely N-dealkylation sites (N-methyl/N-ethyl adjacent to an activating group) is 1. The van der Waals surface area contributed by atoms with Crippen molar-refractivity contribution >= 4 is 17.7 Å². The van der Waals surface area contributed by atoms with E-state index in [1.165, 1.54) is 11.0 Å². The van der Waals surface area contributed by atoms with E-state index in [-0.39, 0.29) is 24.6 Å². The first-order valence-electron chi connectivity index (χ1n) is 7.27. The summed E-state index contributed by atoms with van der Waals surface area (Å²) in [7, 11) is 0. The lowest BCUT2D eigenvalue weighted by molar-refractivity contribution is -0.126. The molecule has 23 heavy (non-hydrogen) atoms. The molecular formula is C16H15N3O4. The molecule has 0 saturated carbocycles. The maximum Gasteiger partial charge on any atom is 0.276 e. The van der Waals surface area contributed by atoms with Crippen molar-refractivity contribution in [1.29, 1.82) is 0 Å². The van der Waals surface area contributed by atoms with Crippen LogP contribution in [0.4, 0.5) is 0 Å². The Morgan fingerprint density at radius 1 is 1.35 bits per heavy atom. The van der Waals surface area contributed by atoms with Crippen molar-refractivity contribution in [3.8, 4) is 11.3 Å². The van der Waals surface area contributed by atoms with Gasteiger partial charge in [-0.2, -0.15) is 0 Å². The van der Waals surface area contributed by atoms with Gasteiger partial charge in [0.05, 0.1) is 6.42 Å². The number of carbonyl (C=O) groups is 3. The molecule has 1 unspecified atom stereocenters. The molecule has 1 aliphatic rings. The molecule has 1 aromatic heterocycles. The minimum absolute atomic E-state index is 0.0260. The maximum absolute atomic E-state index is 12.6. The summed E-state index contributed by atoms with van der Waals surface area (Å²) in [5.74, 6) is -0.807. The van der Waals surface area contributed by atoms with Gasteiger partial charge in [-0.25, -0.2) is 0 Å². The SMILES string of the molecule is CCN(C(=O)c1cc(-c2ccccc2)on1)C1CC(=O)NC1=O. The number of aromatic nitrogens is 1. The van der Waals surface area contributed by atoms with E-state index in [1.807, 2.05) is 30.3 Å². The highest BCUT2D eigenvalue weighted by atomic mass is 16.5. The average molecular weight is 313 g/mol. The summed E-state index contributed by atoms with van der Waals surface area (Å²) < 4.78 is 5.21. The lowest BCUT2D eigenvalue weighted by Gasteiger charge is -2.23. The molecule has 2 heterocycles. The van der Waals surface area contributed by atoms with E-state index < -0.39 is 17.9 Å². The molecule has 0 bridgehead atoms. The average Bonchev–Trinajstić information content (AvgIpc) is 3.16. The second-order valence-corrected chi connectivity index (χ2v) is 5.17. The molecule has 118 valence electrons. The molecule has 1 N–H and O–H groups in total. The third kappa shape index (κ3) is 2.85. The van der Waals surface area contributed by atoms with E-state index in [0.29, 0.717) is 5.76 Å². The van der Waals surface area contributed by atoms with E-state index in [4.69, 9.17) is 4.52 Å². The first-order chi connectivity index (χ1) is 11.1. The topological polar surface area (TPSA) is 92.5 Å². The molecule has 7 nitrogen and oxygen atoms in total. The van der Waals surface area contributed by atoms with Gasteiger partial charge in [-0.1, -0.05) is 35.5 Å². The standard InChI is InChI=1S/C16H15N3O4/c1-2-19(12-9-14(20)17-15(12)21)16(22)11-8-13(23-18-11)10-6-4-3-5-7-10/h3-8,12H,2,9H2,1H3,(H,17,20,21). The summed E-state index contributed by atoms with van der Waals surface area (Å²) >= 11 is 0. The Kier molecular flexibility index (Phi) is 3.92. The summed E-state index contributed by atoms with van der Waals surface area (Å²) in [4.78, 5) is 37.0. The molecule has 1 fully saturated rings. The predicted molar refractivity (Wildman–Crippen MR) is 80.2 cm³/mol. The van der Waals surface area contributed by atoms with Crippen molar-refractivity contribution in [3.63, 3.8) is 0 Å². The Labute approximate surface area is 132 Å². The molecule has 0 radical (unpaired) electrons. The number of amides is 3. The smallest absolute Gasteiger partial charge is 0.276 e. The third-order valence-corrected chi connectivity index (χ3v) is 3.71. The van der Waals surface area contributed by atoms with Gasteiger partial charge in [0.15, 0.2) is 11.5 Å². The Morgan fingerprint density at radius 2 is 2.09 bits per heavy atom. The van der Waals surface area contributed by atoms with E-state index in [1.54, 1.807) is 6.92 Å². The van der Waals surface area contributed by atoms with Crippen LogP contribution >= 0.6 is 0 Å².